The van der Waals surface area contributed by atoms with Crippen molar-refractivity contribution in [2.75, 3.05) is 23.4 Å². The van der Waals surface area contributed by atoms with Crippen molar-refractivity contribution in [3.63, 3.8) is 0 Å². The Balaban J connectivity index is 1.59. The van der Waals surface area contributed by atoms with Crippen LogP contribution in [0.3, 0.4) is 0 Å². The fourth-order valence-electron chi connectivity index (χ4n) is 2.89. The molecule has 0 aliphatic carbocycles. The first kappa shape index (κ1) is 19.3. The molecule has 2 amide bonds. The third-order valence-electron chi connectivity index (χ3n) is 4.15. The fraction of sp³-hybridized carbons (Fsp3) is 0.250. The Morgan fingerprint density at radius 3 is 2.61 bits per heavy atom. The molecular formula is C20H19FN2O5. The van der Waals surface area contributed by atoms with Crippen LogP contribution in [0.5, 0.6) is 5.75 Å². The second-order valence-electron chi connectivity index (χ2n) is 6.29. The number of fused-ring (bicyclic) bond motifs is 1. The zero-order chi connectivity index (χ0) is 20.1. The number of carbonyl (C=O) groups is 3. The van der Waals surface area contributed by atoms with Gasteiger partial charge in [-0.1, -0.05) is 12.1 Å². The van der Waals surface area contributed by atoms with Crippen LogP contribution in [-0.4, -0.2) is 37.0 Å². The molecule has 2 aromatic carbocycles. The van der Waals surface area contributed by atoms with Crippen molar-refractivity contribution >= 4 is 29.2 Å². The lowest BCUT2D eigenvalue weighted by Gasteiger charge is -2.27. The molecule has 0 aromatic heterocycles. The minimum absolute atomic E-state index is 0.127. The summed E-state index contributed by atoms with van der Waals surface area (Å²) in [6.07, 6.45) is 0.127. The van der Waals surface area contributed by atoms with Gasteiger partial charge in [0.1, 0.15) is 11.6 Å². The Kier molecular flexibility index (Phi) is 5.88. The number of anilines is 2. The molecule has 28 heavy (non-hydrogen) atoms. The van der Waals surface area contributed by atoms with Gasteiger partial charge in [0, 0.05) is 12.5 Å². The molecule has 0 unspecified atom stereocenters. The number of para-hydroxylation sites is 2. The highest BCUT2D eigenvalue weighted by Crippen LogP contribution is 2.31. The van der Waals surface area contributed by atoms with Crippen LogP contribution in [0, 0.1) is 5.82 Å². The van der Waals surface area contributed by atoms with Crippen molar-refractivity contribution in [3.05, 3.63) is 54.3 Å². The molecule has 0 spiro atoms. The highest BCUT2D eigenvalue weighted by molar-refractivity contribution is 6.05. The molecule has 2 aromatic rings. The molecule has 1 heterocycles. The minimum atomic E-state index is -0.734. The molecule has 8 heteroatoms. The van der Waals surface area contributed by atoms with E-state index in [0.29, 0.717) is 17.1 Å². The molecule has 0 bridgehead atoms. The first-order chi connectivity index (χ1) is 13.4. The Bertz CT molecular complexity index is 884. The van der Waals surface area contributed by atoms with E-state index in [0.717, 1.165) is 0 Å². The van der Waals surface area contributed by atoms with Crippen molar-refractivity contribution in [2.24, 2.45) is 0 Å². The summed E-state index contributed by atoms with van der Waals surface area (Å²) in [6, 6.07) is 11.7. The van der Waals surface area contributed by atoms with Crippen LogP contribution in [0.1, 0.15) is 13.3 Å². The summed E-state index contributed by atoms with van der Waals surface area (Å²) < 4.78 is 23.0. The van der Waals surface area contributed by atoms with Gasteiger partial charge in [-0.3, -0.25) is 9.59 Å². The quantitative estimate of drug-likeness (QED) is 0.798. The molecule has 0 saturated carbocycles. The molecule has 3 rings (SSSR count). The summed E-state index contributed by atoms with van der Waals surface area (Å²) in [6.45, 7) is 0.850. The van der Waals surface area contributed by atoms with Crippen LogP contribution in [0.4, 0.5) is 15.8 Å². The maximum atomic E-state index is 12.8. The number of rotatable bonds is 5. The average Bonchev–Trinajstić information content (AvgIpc) is 2.79. The molecule has 0 radical (unpaired) electrons. The smallest absolute Gasteiger partial charge is 0.344 e. The molecule has 0 saturated heterocycles. The van der Waals surface area contributed by atoms with Gasteiger partial charge in [0.15, 0.2) is 13.2 Å². The largest absolute Gasteiger partial charge is 0.482 e. The molecule has 1 aliphatic rings. The normalized spacial score (nSPS) is 15.9. The summed E-state index contributed by atoms with van der Waals surface area (Å²) >= 11 is 0. The summed E-state index contributed by atoms with van der Waals surface area (Å²) in [7, 11) is 0. The van der Waals surface area contributed by atoms with Gasteiger partial charge < -0.3 is 19.7 Å². The van der Waals surface area contributed by atoms with E-state index in [2.05, 4.69) is 5.32 Å². The Morgan fingerprint density at radius 1 is 1.14 bits per heavy atom. The van der Waals surface area contributed by atoms with E-state index in [-0.39, 0.29) is 12.3 Å². The van der Waals surface area contributed by atoms with E-state index in [1.54, 1.807) is 31.2 Å². The van der Waals surface area contributed by atoms with Gasteiger partial charge in [0.25, 0.3) is 5.91 Å². The van der Waals surface area contributed by atoms with Gasteiger partial charge in [0.2, 0.25) is 5.91 Å². The minimum Gasteiger partial charge on any atom is -0.482 e. The van der Waals surface area contributed by atoms with E-state index >= 15 is 0 Å². The van der Waals surface area contributed by atoms with Crippen LogP contribution in [-0.2, 0) is 19.1 Å². The second-order valence-corrected chi connectivity index (χ2v) is 6.29. The first-order valence-electron chi connectivity index (χ1n) is 8.69. The molecule has 1 N–H and O–H groups in total. The highest BCUT2D eigenvalue weighted by atomic mass is 19.1. The first-order valence-corrected chi connectivity index (χ1v) is 8.69. The standard InChI is InChI=1S/C20H19FN2O5/c1-13-10-18(24)22-16-4-2-3-5-17(16)23(13)19(25)11-28-20(26)12-27-15-8-6-14(21)7-9-15/h2-9,13H,10-12H2,1H3,(H,22,24)/t13-/m1/s1. The van der Waals surface area contributed by atoms with Crippen LogP contribution in [0.25, 0.3) is 0 Å². The number of hydrogen-bond donors (Lipinski definition) is 1. The number of ether oxygens (including phenoxy) is 2. The van der Waals surface area contributed by atoms with Gasteiger partial charge in [0.05, 0.1) is 11.4 Å². The van der Waals surface area contributed by atoms with Gasteiger partial charge >= 0.3 is 5.97 Å². The second kappa shape index (κ2) is 8.51. The van der Waals surface area contributed by atoms with E-state index in [9.17, 15) is 18.8 Å². The van der Waals surface area contributed by atoms with Crippen molar-refractivity contribution < 1.29 is 28.2 Å². The summed E-state index contributed by atoms with van der Waals surface area (Å²) in [5.41, 5.74) is 1.07. The predicted molar refractivity (Wildman–Crippen MR) is 99.5 cm³/mol. The summed E-state index contributed by atoms with van der Waals surface area (Å²) in [5.74, 6) is -1.49. The van der Waals surface area contributed by atoms with E-state index in [1.165, 1.54) is 29.2 Å². The monoisotopic (exact) mass is 386 g/mol. The third kappa shape index (κ3) is 4.64. The number of halogens is 1. The van der Waals surface area contributed by atoms with Gasteiger partial charge in [-0.25, -0.2) is 9.18 Å². The maximum absolute atomic E-state index is 12.8. The van der Waals surface area contributed by atoms with E-state index in [4.69, 9.17) is 9.47 Å². The van der Waals surface area contributed by atoms with Crippen LogP contribution >= 0.6 is 0 Å². The van der Waals surface area contributed by atoms with Crippen molar-refractivity contribution in [1.29, 1.82) is 0 Å². The topological polar surface area (TPSA) is 84.9 Å². The zero-order valence-electron chi connectivity index (χ0n) is 15.2. The molecule has 7 nitrogen and oxygen atoms in total. The van der Waals surface area contributed by atoms with E-state index in [1.807, 2.05) is 0 Å². The number of hydrogen-bond acceptors (Lipinski definition) is 5. The molecule has 1 atom stereocenters. The van der Waals surface area contributed by atoms with Gasteiger partial charge in [-0.15, -0.1) is 0 Å². The lowest BCUT2D eigenvalue weighted by atomic mass is 10.1. The number of esters is 1. The number of nitrogens with one attached hydrogen (secondary N) is 1. The van der Waals surface area contributed by atoms with Crippen molar-refractivity contribution in [2.45, 2.75) is 19.4 Å². The molecule has 146 valence electrons. The van der Waals surface area contributed by atoms with Crippen LogP contribution in [0.2, 0.25) is 0 Å². The van der Waals surface area contributed by atoms with Gasteiger partial charge in [-0.05, 0) is 43.3 Å². The predicted octanol–water partition coefficient (Wildman–Crippen LogP) is 2.51. The van der Waals surface area contributed by atoms with Crippen molar-refractivity contribution in [3.8, 4) is 5.75 Å². The number of carbonyl (C=O) groups excluding carboxylic acids is 3. The van der Waals surface area contributed by atoms with Crippen LogP contribution in [0.15, 0.2) is 48.5 Å². The molecular weight excluding hydrogens is 367 g/mol. The van der Waals surface area contributed by atoms with Crippen molar-refractivity contribution in [1.82, 2.24) is 0 Å². The highest BCUT2D eigenvalue weighted by Gasteiger charge is 2.30. The Morgan fingerprint density at radius 2 is 1.86 bits per heavy atom. The van der Waals surface area contributed by atoms with E-state index < -0.39 is 36.9 Å². The maximum Gasteiger partial charge on any atom is 0.344 e. The fourth-order valence-corrected chi connectivity index (χ4v) is 2.89. The Labute approximate surface area is 161 Å². The summed E-state index contributed by atoms with van der Waals surface area (Å²) in [5, 5.41) is 2.76. The summed E-state index contributed by atoms with van der Waals surface area (Å²) in [4.78, 5) is 37.9. The zero-order valence-corrected chi connectivity index (χ0v) is 15.2. The lowest BCUT2D eigenvalue weighted by molar-refractivity contribution is -0.149. The Hall–Kier alpha value is -3.42. The number of amides is 2. The SMILES string of the molecule is C[C@@H]1CC(=O)Nc2ccccc2N1C(=O)COC(=O)COc1ccc(F)cc1. The molecule has 1 aliphatic heterocycles. The lowest BCUT2D eigenvalue weighted by Crippen LogP contribution is -2.41. The van der Waals surface area contributed by atoms with Crippen LogP contribution < -0.4 is 15.0 Å². The third-order valence-corrected chi connectivity index (χ3v) is 4.15. The number of nitrogens with zero attached hydrogens (tertiary/aromatic N) is 1. The molecule has 0 fully saturated rings. The number of benzene rings is 2. The average molecular weight is 386 g/mol. The van der Waals surface area contributed by atoms with Gasteiger partial charge in [-0.2, -0.15) is 0 Å².